The maximum absolute atomic E-state index is 12.2. The molecule has 0 radical (unpaired) electrons. The molecule has 3 heterocycles. The van der Waals surface area contributed by atoms with Gasteiger partial charge in [-0.1, -0.05) is 0 Å². The molecule has 0 aliphatic rings. The monoisotopic (exact) mass is 258 g/mol. The minimum atomic E-state index is -1.12. The Morgan fingerprint density at radius 2 is 2.21 bits per heavy atom. The van der Waals surface area contributed by atoms with Gasteiger partial charge in [-0.3, -0.25) is 9.20 Å². The lowest BCUT2D eigenvalue weighted by Crippen LogP contribution is -2.18. The van der Waals surface area contributed by atoms with Gasteiger partial charge in [0.25, 0.3) is 5.56 Å². The second-order valence-electron chi connectivity index (χ2n) is 4.04. The zero-order valence-electron chi connectivity index (χ0n) is 10.1. The number of aryl methyl sites for hydroxylation is 1. The number of carbonyl (C=O) groups is 1. The third-order valence-electron chi connectivity index (χ3n) is 2.98. The highest BCUT2D eigenvalue weighted by Gasteiger charge is 2.15. The molecule has 0 atom stereocenters. The molecule has 3 aromatic heterocycles. The van der Waals surface area contributed by atoms with Crippen molar-refractivity contribution in [2.45, 2.75) is 13.5 Å². The molecule has 0 aromatic carbocycles. The van der Waals surface area contributed by atoms with Crippen molar-refractivity contribution in [3.63, 3.8) is 0 Å². The Morgan fingerprint density at radius 1 is 1.42 bits per heavy atom. The standard InChI is InChI=1S/C12H10N4O3/c1-2-15-6-13-8-10(15)14-9-7(12(18)19)4-3-5-16(9)11(8)17/h3-6H,2H2,1H3,(H,18,19). The molecular formula is C12H10N4O3. The predicted molar refractivity (Wildman–Crippen MR) is 67.4 cm³/mol. The van der Waals surface area contributed by atoms with E-state index in [1.165, 1.54) is 29.1 Å². The molecule has 1 N–H and O–H groups in total. The highest BCUT2D eigenvalue weighted by molar-refractivity contribution is 5.95. The van der Waals surface area contributed by atoms with Gasteiger partial charge in [0.05, 0.1) is 6.33 Å². The summed E-state index contributed by atoms with van der Waals surface area (Å²) in [5.74, 6) is -1.12. The minimum absolute atomic E-state index is 0.00893. The Bertz CT molecular complexity index is 862. The normalized spacial score (nSPS) is 11.2. The van der Waals surface area contributed by atoms with Crippen molar-refractivity contribution in [3.8, 4) is 0 Å². The molecule has 0 unspecified atom stereocenters. The maximum atomic E-state index is 12.2. The van der Waals surface area contributed by atoms with Crippen molar-refractivity contribution in [2.24, 2.45) is 0 Å². The second-order valence-corrected chi connectivity index (χ2v) is 4.04. The average molecular weight is 258 g/mol. The minimum Gasteiger partial charge on any atom is -0.478 e. The van der Waals surface area contributed by atoms with Gasteiger partial charge < -0.3 is 9.67 Å². The van der Waals surface area contributed by atoms with Gasteiger partial charge in [0.2, 0.25) is 0 Å². The van der Waals surface area contributed by atoms with E-state index in [1.54, 1.807) is 4.57 Å². The van der Waals surface area contributed by atoms with E-state index < -0.39 is 5.97 Å². The molecule has 0 spiro atoms. The molecule has 0 saturated heterocycles. The number of hydrogen-bond donors (Lipinski definition) is 1. The zero-order valence-corrected chi connectivity index (χ0v) is 10.1. The van der Waals surface area contributed by atoms with E-state index in [-0.39, 0.29) is 22.3 Å². The van der Waals surface area contributed by atoms with Crippen LogP contribution in [0.25, 0.3) is 16.8 Å². The molecule has 96 valence electrons. The van der Waals surface area contributed by atoms with Gasteiger partial charge in [0.1, 0.15) is 5.56 Å². The van der Waals surface area contributed by atoms with E-state index >= 15 is 0 Å². The summed E-state index contributed by atoms with van der Waals surface area (Å²) in [6.45, 7) is 2.50. The first-order valence-electron chi connectivity index (χ1n) is 5.73. The molecule has 3 aromatic rings. The van der Waals surface area contributed by atoms with Crippen molar-refractivity contribution in [3.05, 3.63) is 40.6 Å². The van der Waals surface area contributed by atoms with Crippen LogP contribution in [0.15, 0.2) is 29.5 Å². The van der Waals surface area contributed by atoms with Crippen LogP contribution in [0, 0.1) is 0 Å². The first-order valence-corrected chi connectivity index (χ1v) is 5.73. The molecule has 19 heavy (non-hydrogen) atoms. The maximum Gasteiger partial charge on any atom is 0.339 e. The topological polar surface area (TPSA) is 89.5 Å². The van der Waals surface area contributed by atoms with Gasteiger partial charge in [-0.2, -0.15) is 0 Å². The van der Waals surface area contributed by atoms with Crippen LogP contribution in [0.5, 0.6) is 0 Å². The summed E-state index contributed by atoms with van der Waals surface area (Å²) in [4.78, 5) is 31.7. The van der Waals surface area contributed by atoms with Gasteiger partial charge in [0.15, 0.2) is 16.8 Å². The van der Waals surface area contributed by atoms with Crippen LogP contribution in [0.4, 0.5) is 0 Å². The van der Waals surface area contributed by atoms with Crippen molar-refractivity contribution < 1.29 is 9.90 Å². The number of imidazole rings is 1. The summed E-state index contributed by atoms with van der Waals surface area (Å²) in [5.41, 5.74) is 0.395. The Morgan fingerprint density at radius 3 is 2.89 bits per heavy atom. The van der Waals surface area contributed by atoms with Crippen LogP contribution in [0.3, 0.4) is 0 Å². The Balaban J connectivity index is 2.56. The van der Waals surface area contributed by atoms with Crippen LogP contribution in [-0.4, -0.2) is 30.0 Å². The van der Waals surface area contributed by atoms with Crippen molar-refractivity contribution in [1.29, 1.82) is 0 Å². The number of carboxylic acid groups (broad SMARTS) is 1. The molecule has 7 nitrogen and oxygen atoms in total. The summed E-state index contributed by atoms with van der Waals surface area (Å²) in [6.07, 6.45) is 3.01. The van der Waals surface area contributed by atoms with Crippen molar-refractivity contribution >= 4 is 22.8 Å². The van der Waals surface area contributed by atoms with Crippen LogP contribution in [0.2, 0.25) is 0 Å². The quantitative estimate of drug-likeness (QED) is 0.733. The van der Waals surface area contributed by atoms with E-state index in [9.17, 15) is 9.59 Å². The molecule has 0 bridgehead atoms. The van der Waals surface area contributed by atoms with Crippen LogP contribution in [0.1, 0.15) is 17.3 Å². The predicted octanol–water partition coefficient (Wildman–Crippen LogP) is 0.762. The lowest BCUT2D eigenvalue weighted by molar-refractivity contribution is 0.0698. The Labute approximate surface area is 106 Å². The van der Waals surface area contributed by atoms with Crippen molar-refractivity contribution in [2.75, 3.05) is 0 Å². The van der Waals surface area contributed by atoms with Gasteiger partial charge >= 0.3 is 5.97 Å². The van der Waals surface area contributed by atoms with Crippen LogP contribution < -0.4 is 5.56 Å². The van der Waals surface area contributed by atoms with Gasteiger partial charge in [-0.15, -0.1) is 0 Å². The van der Waals surface area contributed by atoms with E-state index in [1.807, 2.05) is 6.92 Å². The highest BCUT2D eigenvalue weighted by atomic mass is 16.4. The number of hydrogen-bond acceptors (Lipinski definition) is 4. The number of aromatic carboxylic acids is 1. The fourth-order valence-electron chi connectivity index (χ4n) is 2.03. The van der Waals surface area contributed by atoms with Crippen LogP contribution in [-0.2, 0) is 6.54 Å². The molecule has 3 rings (SSSR count). The first-order chi connectivity index (χ1) is 9.13. The van der Waals surface area contributed by atoms with Gasteiger partial charge in [-0.25, -0.2) is 14.8 Å². The number of carboxylic acids is 1. The summed E-state index contributed by atoms with van der Waals surface area (Å²) < 4.78 is 2.91. The van der Waals surface area contributed by atoms with Gasteiger partial charge in [0, 0.05) is 12.7 Å². The third-order valence-corrected chi connectivity index (χ3v) is 2.98. The molecule has 0 amide bonds. The summed E-state index contributed by atoms with van der Waals surface area (Å²) in [7, 11) is 0. The lowest BCUT2D eigenvalue weighted by Gasteiger charge is -2.04. The molecular weight excluding hydrogens is 248 g/mol. The van der Waals surface area contributed by atoms with Crippen LogP contribution >= 0.6 is 0 Å². The molecule has 0 fully saturated rings. The summed E-state index contributed by atoms with van der Waals surface area (Å²) in [5, 5.41) is 9.15. The third kappa shape index (κ3) is 1.51. The number of fused-ring (bicyclic) bond motifs is 2. The molecule has 7 heteroatoms. The Kier molecular flexibility index (Phi) is 2.34. The van der Waals surface area contributed by atoms with E-state index in [0.717, 1.165) is 0 Å². The van der Waals surface area contributed by atoms with E-state index in [4.69, 9.17) is 5.11 Å². The lowest BCUT2D eigenvalue weighted by atomic mass is 10.2. The van der Waals surface area contributed by atoms with Crippen molar-refractivity contribution in [1.82, 2.24) is 18.9 Å². The number of aromatic nitrogens is 4. The summed E-state index contributed by atoms with van der Waals surface area (Å²) in [6, 6.07) is 2.92. The zero-order chi connectivity index (χ0) is 13.6. The smallest absolute Gasteiger partial charge is 0.339 e. The number of rotatable bonds is 2. The summed E-state index contributed by atoms with van der Waals surface area (Å²) >= 11 is 0. The van der Waals surface area contributed by atoms with Gasteiger partial charge in [-0.05, 0) is 19.1 Å². The first kappa shape index (κ1) is 11.4. The molecule has 0 saturated carbocycles. The second kappa shape index (κ2) is 3.91. The largest absolute Gasteiger partial charge is 0.478 e. The fraction of sp³-hybridized carbons (Fsp3) is 0.167. The molecule has 0 aliphatic heterocycles. The Hall–Kier alpha value is -2.70. The van der Waals surface area contributed by atoms with E-state index in [0.29, 0.717) is 12.2 Å². The highest BCUT2D eigenvalue weighted by Crippen LogP contribution is 2.12. The fourth-order valence-corrected chi connectivity index (χ4v) is 2.03. The SMILES string of the molecule is CCn1cnc2c(=O)n3cccc(C(=O)O)c3nc21. The molecule has 0 aliphatic carbocycles. The number of nitrogens with zero attached hydrogens (tertiary/aromatic N) is 4. The van der Waals surface area contributed by atoms with E-state index in [2.05, 4.69) is 9.97 Å². The number of pyridine rings is 1. The average Bonchev–Trinajstić information content (AvgIpc) is 2.81.